The molecule has 4 rings (SSSR count). The molecular formula is C22H17BrN4O5S. The van der Waals surface area contributed by atoms with Gasteiger partial charge in [-0.1, -0.05) is 28.1 Å². The number of ether oxygens (including phenoxy) is 1. The van der Waals surface area contributed by atoms with E-state index in [1.54, 1.807) is 43.5 Å². The second kappa shape index (κ2) is 9.53. The van der Waals surface area contributed by atoms with Gasteiger partial charge in [-0.05, 0) is 60.7 Å². The highest BCUT2D eigenvalue weighted by Gasteiger charge is 2.17. The van der Waals surface area contributed by atoms with Crippen molar-refractivity contribution in [2.75, 3.05) is 7.11 Å². The fourth-order valence-electron chi connectivity index (χ4n) is 2.89. The van der Waals surface area contributed by atoms with Crippen molar-refractivity contribution in [1.29, 1.82) is 0 Å². The number of halogens is 1. The average molecular weight is 529 g/mol. The molecule has 9 nitrogen and oxygen atoms in total. The Bertz CT molecular complexity index is 1390. The standard InChI is InChI=1S/C22H17BrN4O5S/c1-31-19-5-3-2-4-18(19)22-26-25-21(32-22)15-8-6-14(7-9-15)20(28)24-27-33(29,30)17-12-10-16(23)11-13-17/h2-13,27H,1H3,(H,24,28). The monoisotopic (exact) mass is 528 g/mol. The largest absolute Gasteiger partial charge is 0.496 e. The molecule has 168 valence electrons. The van der Waals surface area contributed by atoms with Gasteiger partial charge in [-0.25, -0.2) is 8.42 Å². The first-order chi connectivity index (χ1) is 15.9. The molecule has 0 fully saturated rings. The number of methoxy groups -OCH3 is 1. The fourth-order valence-corrected chi connectivity index (χ4v) is 4.00. The molecule has 0 bridgehead atoms. The Balaban J connectivity index is 1.45. The summed E-state index contributed by atoms with van der Waals surface area (Å²) in [5.74, 6) is 0.540. The molecule has 11 heteroatoms. The second-order valence-corrected chi connectivity index (χ2v) is 9.30. The van der Waals surface area contributed by atoms with Gasteiger partial charge in [0.1, 0.15) is 5.75 Å². The Kier molecular flexibility index (Phi) is 6.54. The van der Waals surface area contributed by atoms with Gasteiger partial charge in [0, 0.05) is 15.6 Å². The summed E-state index contributed by atoms with van der Waals surface area (Å²) in [5, 5.41) is 8.12. The van der Waals surface area contributed by atoms with Crippen LogP contribution >= 0.6 is 15.9 Å². The summed E-state index contributed by atoms with van der Waals surface area (Å²) in [6.07, 6.45) is 0. The Hall–Kier alpha value is -3.54. The maximum absolute atomic E-state index is 12.4. The SMILES string of the molecule is COc1ccccc1-c1nnc(-c2ccc(C(=O)NNS(=O)(=O)c3ccc(Br)cc3)cc2)o1. The third kappa shape index (κ3) is 5.11. The zero-order valence-corrected chi connectivity index (χ0v) is 19.6. The average Bonchev–Trinajstić information content (AvgIpc) is 3.33. The minimum Gasteiger partial charge on any atom is -0.496 e. The van der Waals surface area contributed by atoms with Crippen molar-refractivity contribution in [2.24, 2.45) is 0 Å². The van der Waals surface area contributed by atoms with E-state index in [0.717, 1.165) is 4.47 Å². The van der Waals surface area contributed by atoms with Crippen molar-refractivity contribution in [3.05, 3.63) is 82.8 Å². The topological polar surface area (TPSA) is 123 Å². The fraction of sp³-hybridized carbons (Fsp3) is 0.0455. The van der Waals surface area contributed by atoms with Crippen molar-refractivity contribution in [3.8, 4) is 28.7 Å². The number of sulfonamides is 1. The summed E-state index contributed by atoms with van der Waals surface area (Å²) in [7, 11) is -2.35. The van der Waals surface area contributed by atoms with Crippen molar-refractivity contribution >= 4 is 31.9 Å². The Labute approximate surface area is 198 Å². The third-order valence-corrected chi connectivity index (χ3v) is 6.37. The van der Waals surface area contributed by atoms with Gasteiger partial charge < -0.3 is 9.15 Å². The van der Waals surface area contributed by atoms with Crippen LogP contribution < -0.4 is 15.0 Å². The summed E-state index contributed by atoms with van der Waals surface area (Å²) in [6, 6.07) is 19.6. The number of benzene rings is 3. The van der Waals surface area contributed by atoms with Crippen LogP contribution in [0.3, 0.4) is 0 Å². The molecule has 0 saturated carbocycles. The summed E-state index contributed by atoms with van der Waals surface area (Å²) in [5.41, 5.74) is 3.69. The van der Waals surface area contributed by atoms with Gasteiger partial charge in [-0.3, -0.25) is 10.2 Å². The molecule has 1 heterocycles. The molecule has 1 amide bonds. The Morgan fingerprint density at radius 1 is 0.939 bits per heavy atom. The molecular weight excluding hydrogens is 512 g/mol. The number of carbonyl (C=O) groups is 1. The van der Waals surface area contributed by atoms with Crippen LogP contribution in [0.1, 0.15) is 10.4 Å². The maximum Gasteiger partial charge on any atom is 0.266 e. The lowest BCUT2D eigenvalue weighted by molar-refractivity contribution is 0.0945. The van der Waals surface area contributed by atoms with Crippen molar-refractivity contribution < 1.29 is 22.4 Å². The molecule has 0 unspecified atom stereocenters. The number of hydrazine groups is 1. The van der Waals surface area contributed by atoms with Gasteiger partial charge in [0.15, 0.2) is 0 Å². The van der Waals surface area contributed by atoms with Crippen LogP contribution in [0.4, 0.5) is 0 Å². The number of carbonyl (C=O) groups excluding carboxylic acids is 1. The smallest absolute Gasteiger partial charge is 0.266 e. The van der Waals surface area contributed by atoms with E-state index in [1.165, 1.54) is 24.3 Å². The second-order valence-electron chi connectivity index (χ2n) is 6.70. The first kappa shape index (κ1) is 22.6. The van der Waals surface area contributed by atoms with Crippen LogP contribution in [-0.2, 0) is 10.0 Å². The van der Waals surface area contributed by atoms with E-state index in [4.69, 9.17) is 9.15 Å². The van der Waals surface area contributed by atoms with E-state index < -0.39 is 15.9 Å². The highest BCUT2D eigenvalue weighted by Crippen LogP contribution is 2.30. The number of rotatable bonds is 7. The third-order valence-electron chi connectivity index (χ3n) is 4.58. The number of nitrogens with zero attached hydrogens (tertiary/aromatic N) is 2. The lowest BCUT2D eigenvalue weighted by Crippen LogP contribution is -2.41. The van der Waals surface area contributed by atoms with E-state index in [9.17, 15) is 13.2 Å². The Morgan fingerprint density at radius 2 is 1.61 bits per heavy atom. The van der Waals surface area contributed by atoms with Crippen LogP contribution in [0.25, 0.3) is 22.9 Å². The minimum atomic E-state index is -3.91. The number of amides is 1. The predicted octanol–water partition coefficient (Wildman–Crippen LogP) is 3.80. The van der Waals surface area contributed by atoms with Crippen LogP contribution in [0.2, 0.25) is 0 Å². The quantitative estimate of drug-likeness (QED) is 0.349. The normalized spacial score (nSPS) is 11.2. The van der Waals surface area contributed by atoms with Gasteiger partial charge in [0.2, 0.25) is 5.89 Å². The molecule has 0 atom stereocenters. The molecule has 0 aliphatic heterocycles. The number of para-hydroxylation sites is 1. The van der Waals surface area contributed by atoms with Gasteiger partial charge >= 0.3 is 0 Å². The lowest BCUT2D eigenvalue weighted by atomic mass is 10.1. The summed E-state index contributed by atoms with van der Waals surface area (Å²) in [4.78, 5) is 14.5. The minimum absolute atomic E-state index is 0.0172. The molecule has 0 saturated heterocycles. The van der Waals surface area contributed by atoms with Crippen molar-refractivity contribution in [1.82, 2.24) is 20.5 Å². The van der Waals surface area contributed by atoms with Crippen LogP contribution in [-0.4, -0.2) is 31.6 Å². The van der Waals surface area contributed by atoms with Crippen LogP contribution in [0.15, 0.2) is 86.6 Å². The van der Waals surface area contributed by atoms with Gasteiger partial charge in [-0.15, -0.1) is 15.0 Å². The predicted molar refractivity (Wildman–Crippen MR) is 124 cm³/mol. The van der Waals surface area contributed by atoms with E-state index in [-0.39, 0.29) is 16.3 Å². The number of hydrogen-bond donors (Lipinski definition) is 2. The van der Waals surface area contributed by atoms with E-state index >= 15 is 0 Å². The van der Waals surface area contributed by atoms with Gasteiger partial charge in [-0.2, -0.15) is 0 Å². The van der Waals surface area contributed by atoms with Crippen molar-refractivity contribution in [2.45, 2.75) is 4.90 Å². The van der Waals surface area contributed by atoms with Gasteiger partial charge in [0.05, 0.1) is 17.6 Å². The molecule has 3 aromatic carbocycles. The zero-order chi connectivity index (χ0) is 23.4. The van der Waals surface area contributed by atoms with Crippen LogP contribution in [0, 0.1) is 0 Å². The van der Waals surface area contributed by atoms with E-state index in [0.29, 0.717) is 22.8 Å². The molecule has 33 heavy (non-hydrogen) atoms. The molecule has 4 aromatic rings. The van der Waals surface area contributed by atoms with Gasteiger partial charge in [0.25, 0.3) is 21.8 Å². The Morgan fingerprint density at radius 3 is 2.30 bits per heavy atom. The van der Waals surface area contributed by atoms with Crippen molar-refractivity contribution in [3.63, 3.8) is 0 Å². The zero-order valence-electron chi connectivity index (χ0n) is 17.2. The lowest BCUT2D eigenvalue weighted by Gasteiger charge is -2.09. The summed E-state index contributed by atoms with van der Waals surface area (Å²) >= 11 is 3.24. The number of hydrogen-bond acceptors (Lipinski definition) is 7. The van der Waals surface area contributed by atoms with E-state index in [2.05, 4.69) is 36.4 Å². The summed E-state index contributed by atoms with van der Waals surface area (Å²) in [6.45, 7) is 0. The first-order valence-electron chi connectivity index (χ1n) is 9.52. The first-order valence-corrected chi connectivity index (χ1v) is 11.8. The highest BCUT2D eigenvalue weighted by atomic mass is 79.9. The molecule has 1 aromatic heterocycles. The molecule has 0 aliphatic rings. The maximum atomic E-state index is 12.4. The van der Waals surface area contributed by atoms with E-state index in [1.807, 2.05) is 12.1 Å². The van der Waals surface area contributed by atoms with Crippen LogP contribution in [0.5, 0.6) is 5.75 Å². The molecule has 0 aliphatic carbocycles. The highest BCUT2D eigenvalue weighted by molar-refractivity contribution is 9.10. The molecule has 0 spiro atoms. The molecule has 2 N–H and O–H groups in total. The number of nitrogens with one attached hydrogen (secondary N) is 2. The number of aromatic nitrogens is 2. The molecule has 0 radical (unpaired) electrons. The summed E-state index contributed by atoms with van der Waals surface area (Å²) < 4.78 is 36.4.